The summed E-state index contributed by atoms with van der Waals surface area (Å²) in [5, 5.41) is 28.9. The van der Waals surface area contributed by atoms with Gasteiger partial charge in [-0.25, -0.2) is 35.8 Å². The standard InChI is InChI=1S/C38H32Cl2N6O11S2/c39-23-1-5-25(6-2-23)45-19-31(17-41-45)58(51,52)43-35-13-11-27(15-33(35)37(47)48)55-21-29-9-10-30(57-29)22-56-28-12-14-36(34(16-28)38(49)50)44-59(53,54)32-18-42-46(20-32)26-7-3-24(40)4-8-26/h1-8,11-20,29-30,43-44H,9-10,21-22H2,(H,47,48)(H,49,50). The first-order chi connectivity index (χ1) is 28.1. The third-order valence-corrected chi connectivity index (χ3v) is 12.1. The van der Waals surface area contributed by atoms with Gasteiger partial charge in [-0.05, 0) is 97.8 Å². The molecule has 2 unspecified atom stereocenters. The highest BCUT2D eigenvalue weighted by molar-refractivity contribution is 7.93. The number of aromatic nitrogens is 4. The molecule has 59 heavy (non-hydrogen) atoms. The van der Waals surface area contributed by atoms with E-state index in [1.165, 1.54) is 58.2 Å². The van der Waals surface area contributed by atoms with Gasteiger partial charge < -0.3 is 24.4 Å². The molecule has 6 aromatic rings. The van der Waals surface area contributed by atoms with Crippen LogP contribution in [-0.4, -0.2) is 84.0 Å². The van der Waals surface area contributed by atoms with Gasteiger partial charge in [0.15, 0.2) is 0 Å². The summed E-state index contributed by atoms with van der Waals surface area (Å²) in [7, 11) is -8.45. The van der Waals surface area contributed by atoms with Gasteiger partial charge >= 0.3 is 11.9 Å². The van der Waals surface area contributed by atoms with Crippen LogP contribution in [0.5, 0.6) is 11.5 Å². The molecule has 0 aliphatic carbocycles. The molecule has 0 radical (unpaired) electrons. The van der Waals surface area contributed by atoms with E-state index in [-0.39, 0.29) is 57.0 Å². The molecule has 21 heteroatoms. The third-order valence-electron chi connectivity index (χ3n) is 8.92. The molecular formula is C38H32Cl2N6O11S2. The monoisotopic (exact) mass is 882 g/mol. The zero-order valence-corrected chi connectivity index (χ0v) is 33.5. The number of hydrogen-bond acceptors (Lipinski definition) is 11. The lowest BCUT2D eigenvalue weighted by Crippen LogP contribution is -2.22. The number of anilines is 2. The average Bonchev–Trinajstić information content (AvgIpc) is 4.00. The lowest BCUT2D eigenvalue weighted by molar-refractivity contribution is -0.00232. The van der Waals surface area contributed by atoms with Crippen LogP contribution in [0.2, 0.25) is 10.0 Å². The number of nitrogens with one attached hydrogen (secondary N) is 2. The normalized spacial score (nSPS) is 15.4. The summed E-state index contributed by atoms with van der Waals surface area (Å²) in [5.74, 6) is -2.45. The number of carboxylic acids is 2. The van der Waals surface area contributed by atoms with E-state index in [2.05, 4.69) is 19.6 Å². The summed E-state index contributed by atoms with van der Waals surface area (Å²) in [6.07, 6.45) is 5.16. The smallest absolute Gasteiger partial charge is 0.337 e. The molecule has 3 heterocycles. The largest absolute Gasteiger partial charge is 0.491 e. The number of aromatic carboxylic acids is 2. The third kappa shape index (κ3) is 9.78. The maximum atomic E-state index is 13.1. The van der Waals surface area contributed by atoms with E-state index >= 15 is 0 Å². The zero-order chi connectivity index (χ0) is 41.9. The van der Waals surface area contributed by atoms with Crippen LogP contribution in [0, 0.1) is 0 Å². The second kappa shape index (κ2) is 17.0. The Morgan fingerprint density at radius 3 is 1.42 bits per heavy atom. The molecule has 4 N–H and O–H groups in total. The Hall–Kier alpha value is -6.12. The quantitative estimate of drug-likeness (QED) is 0.0829. The van der Waals surface area contributed by atoms with Crippen LogP contribution in [-0.2, 0) is 24.8 Å². The maximum absolute atomic E-state index is 13.1. The highest BCUT2D eigenvalue weighted by atomic mass is 35.5. The Morgan fingerprint density at radius 1 is 0.661 bits per heavy atom. The molecule has 7 rings (SSSR count). The molecule has 4 aromatic carbocycles. The van der Waals surface area contributed by atoms with Crippen LogP contribution in [0.3, 0.4) is 0 Å². The van der Waals surface area contributed by atoms with Crippen molar-refractivity contribution in [2.75, 3.05) is 22.7 Å². The van der Waals surface area contributed by atoms with Gasteiger partial charge in [-0.2, -0.15) is 10.2 Å². The minimum absolute atomic E-state index is 0.0428. The average molecular weight is 884 g/mol. The lowest BCUT2D eigenvalue weighted by Gasteiger charge is -2.17. The minimum Gasteiger partial charge on any atom is -0.491 e. The molecule has 1 aliphatic rings. The molecule has 1 fully saturated rings. The molecule has 0 bridgehead atoms. The molecule has 2 atom stereocenters. The van der Waals surface area contributed by atoms with Crippen molar-refractivity contribution < 1.29 is 50.8 Å². The van der Waals surface area contributed by atoms with E-state index in [9.17, 15) is 36.6 Å². The SMILES string of the molecule is O=C(O)c1cc(OCC2CCC(COc3ccc(NS(=O)(=O)c4cnn(-c5ccc(Cl)cc5)c4)c(C(=O)O)c3)O2)ccc1NS(=O)(=O)c1cnn(-c2ccc(Cl)cc2)c1. The second-order valence-corrected chi connectivity index (χ2v) is 17.2. The first-order valence-corrected chi connectivity index (χ1v) is 21.2. The number of benzene rings is 4. The Bertz CT molecular complexity index is 2560. The summed E-state index contributed by atoms with van der Waals surface area (Å²) < 4.78 is 77.5. The summed E-state index contributed by atoms with van der Waals surface area (Å²) in [6.45, 7) is 0.0856. The minimum atomic E-state index is -4.23. The molecule has 0 spiro atoms. The van der Waals surface area contributed by atoms with Crippen LogP contribution in [0.4, 0.5) is 11.4 Å². The van der Waals surface area contributed by atoms with Crippen LogP contribution in [0.1, 0.15) is 33.6 Å². The fourth-order valence-corrected chi connectivity index (χ4v) is 8.20. The van der Waals surface area contributed by atoms with Gasteiger partial charge in [0, 0.05) is 10.0 Å². The van der Waals surface area contributed by atoms with E-state index in [1.54, 1.807) is 48.5 Å². The molecule has 1 aliphatic heterocycles. The van der Waals surface area contributed by atoms with Crippen molar-refractivity contribution in [3.63, 3.8) is 0 Å². The molecule has 2 aromatic heterocycles. The van der Waals surface area contributed by atoms with Gasteiger partial charge in [-0.3, -0.25) is 9.44 Å². The Morgan fingerprint density at radius 2 is 1.05 bits per heavy atom. The van der Waals surface area contributed by atoms with E-state index < -0.39 is 44.2 Å². The van der Waals surface area contributed by atoms with E-state index in [0.717, 1.165) is 12.4 Å². The number of rotatable bonds is 16. The van der Waals surface area contributed by atoms with Crippen molar-refractivity contribution in [2.24, 2.45) is 0 Å². The fourth-order valence-electron chi connectivity index (χ4n) is 5.93. The van der Waals surface area contributed by atoms with Gasteiger partial charge in [0.05, 0.1) is 70.9 Å². The van der Waals surface area contributed by atoms with Crippen molar-refractivity contribution in [1.82, 2.24) is 19.6 Å². The van der Waals surface area contributed by atoms with Gasteiger partial charge in [0.1, 0.15) is 34.5 Å². The van der Waals surface area contributed by atoms with Gasteiger partial charge in [-0.15, -0.1) is 0 Å². The number of hydrogen-bond donors (Lipinski definition) is 4. The summed E-state index contributed by atoms with van der Waals surface area (Å²) in [5.41, 5.74) is 0.0706. The lowest BCUT2D eigenvalue weighted by atomic mass is 10.1. The van der Waals surface area contributed by atoms with E-state index in [4.69, 9.17) is 37.4 Å². The van der Waals surface area contributed by atoms with Crippen molar-refractivity contribution in [2.45, 2.75) is 34.8 Å². The highest BCUT2D eigenvalue weighted by Gasteiger charge is 2.28. The van der Waals surface area contributed by atoms with Crippen molar-refractivity contribution in [3.05, 3.63) is 131 Å². The van der Waals surface area contributed by atoms with Crippen molar-refractivity contribution in [1.29, 1.82) is 0 Å². The van der Waals surface area contributed by atoms with Crippen LogP contribution in [0.25, 0.3) is 11.4 Å². The molecule has 0 saturated carbocycles. The van der Waals surface area contributed by atoms with E-state index in [0.29, 0.717) is 34.3 Å². The summed E-state index contributed by atoms with van der Waals surface area (Å²) in [6, 6.07) is 21.0. The summed E-state index contributed by atoms with van der Waals surface area (Å²) >= 11 is 11.9. The van der Waals surface area contributed by atoms with E-state index in [1.807, 2.05) is 0 Å². The van der Waals surface area contributed by atoms with Gasteiger partial charge in [0.2, 0.25) is 0 Å². The molecular weight excluding hydrogens is 851 g/mol. The number of sulfonamides is 2. The maximum Gasteiger partial charge on any atom is 0.337 e. The number of halogens is 2. The number of carboxylic acid groups (broad SMARTS) is 2. The van der Waals surface area contributed by atoms with Gasteiger partial charge in [-0.1, -0.05) is 23.2 Å². The zero-order valence-electron chi connectivity index (χ0n) is 30.3. The van der Waals surface area contributed by atoms with Crippen molar-refractivity contribution >= 4 is 66.6 Å². The van der Waals surface area contributed by atoms with Crippen LogP contribution in [0.15, 0.2) is 120 Å². The first-order valence-electron chi connectivity index (χ1n) is 17.5. The van der Waals surface area contributed by atoms with Crippen molar-refractivity contribution in [3.8, 4) is 22.9 Å². The number of ether oxygens (including phenoxy) is 3. The first kappa shape index (κ1) is 41.1. The summed E-state index contributed by atoms with van der Waals surface area (Å²) in [4.78, 5) is 23.9. The molecule has 0 amide bonds. The van der Waals surface area contributed by atoms with Gasteiger partial charge in [0.25, 0.3) is 20.0 Å². The number of carbonyl (C=O) groups is 2. The Labute approximate surface area is 346 Å². The fraction of sp³-hybridized carbons (Fsp3) is 0.158. The Kier molecular flexibility index (Phi) is 11.8. The predicted octanol–water partition coefficient (Wildman–Crippen LogP) is 6.37. The molecule has 1 saturated heterocycles. The molecule has 306 valence electrons. The Balaban J connectivity index is 0.924. The molecule has 17 nitrogen and oxygen atoms in total. The topological polar surface area (TPSA) is 230 Å². The number of nitrogens with zero attached hydrogens (tertiary/aromatic N) is 4. The van der Waals surface area contributed by atoms with Crippen LogP contribution >= 0.6 is 23.2 Å². The highest BCUT2D eigenvalue weighted by Crippen LogP contribution is 2.29. The predicted molar refractivity (Wildman–Crippen MR) is 214 cm³/mol. The second-order valence-electron chi connectivity index (χ2n) is 13.0. The van der Waals surface area contributed by atoms with Crippen LogP contribution < -0.4 is 18.9 Å².